The number of nitrogens with zero attached hydrogens (tertiary/aromatic N) is 5. The topological polar surface area (TPSA) is 91.9 Å². The molecule has 3 aromatic rings. The molecule has 0 aliphatic heterocycles. The molecule has 0 N–H and O–H groups in total. The summed E-state index contributed by atoms with van der Waals surface area (Å²) >= 11 is 0. The van der Waals surface area contributed by atoms with Crippen molar-refractivity contribution in [2.24, 2.45) is 0 Å². The highest BCUT2D eigenvalue weighted by atomic mass is 19.1. The molecule has 2 aromatic heterocycles. The minimum Gasteiger partial charge on any atom is -0.456 e. The van der Waals surface area contributed by atoms with Gasteiger partial charge < -0.3 is 9.30 Å². The van der Waals surface area contributed by atoms with Crippen molar-refractivity contribution in [1.82, 2.24) is 24.8 Å². The van der Waals surface area contributed by atoms with Gasteiger partial charge in [0, 0.05) is 23.5 Å². The van der Waals surface area contributed by atoms with Crippen LogP contribution in [0.25, 0.3) is 0 Å². The van der Waals surface area contributed by atoms with Gasteiger partial charge in [0.25, 0.3) is 0 Å². The van der Waals surface area contributed by atoms with Crippen LogP contribution in [-0.4, -0.2) is 43.1 Å². The number of aryl methyl sites for hydroxylation is 1. The standard InChI is InChI=1S/C18H18FN5O3/c1-12-7-16(13(2)24(12)8-14-3-5-15(19)6-4-14)17(25)10-27-18(26)9-23-11-20-21-22-23/h3-7,11H,8-10H2,1-2H3. The van der Waals surface area contributed by atoms with Crippen molar-refractivity contribution in [2.75, 3.05) is 6.61 Å². The van der Waals surface area contributed by atoms with Crippen molar-refractivity contribution in [1.29, 1.82) is 0 Å². The summed E-state index contributed by atoms with van der Waals surface area (Å²) in [7, 11) is 0. The summed E-state index contributed by atoms with van der Waals surface area (Å²) in [6, 6.07) is 7.97. The summed E-state index contributed by atoms with van der Waals surface area (Å²) in [6.45, 7) is 3.71. The lowest BCUT2D eigenvalue weighted by Crippen LogP contribution is -2.19. The zero-order chi connectivity index (χ0) is 19.4. The van der Waals surface area contributed by atoms with Crippen molar-refractivity contribution in [3.8, 4) is 0 Å². The van der Waals surface area contributed by atoms with E-state index < -0.39 is 5.97 Å². The number of hydrogen-bond acceptors (Lipinski definition) is 6. The third-order valence-electron chi connectivity index (χ3n) is 4.17. The average Bonchev–Trinajstić information content (AvgIpc) is 3.24. The van der Waals surface area contributed by atoms with E-state index >= 15 is 0 Å². The van der Waals surface area contributed by atoms with Gasteiger partial charge in [-0.25, -0.2) is 9.07 Å². The average molecular weight is 371 g/mol. The van der Waals surface area contributed by atoms with Crippen molar-refractivity contribution in [3.05, 3.63) is 65.0 Å². The Morgan fingerprint density at radius 3 is 2.59 bits per heavy atom. The number of carbonyl (C=O) groups excluding carboxylic acids is 2. The van der Waals surface area contributed by atoms with E-state index in [4.69, 9.17) is 4.74 Å². The highest BCUT2D eigenvalue weighted by molar-refractivity contribution is 5.99. The first kappa shape index (κ1) is 18.4. The lowest BCUT2D eigenvalue weighted by atomic mass is 10.1. The number of hydrogen-bond donors (Lipinski definition) is 0. The molecule has 0 spiro atoms. The van der Waals surface area contributed by atoms with Crippen LogP contribution < -0.4 is 0 Å². The zero-order valence-electron chi connectivity index (χ0n) is 14.9. The Balaban J connectivity index is 1.65. The summed E-state index contributed by atoms with van der Waals surface area (Å²) in [5.41, 5.74) is 3.06. The van der Waals surface area contributed by atoms with E-state index in [1.165, 1.54) is 23.1 Å². The van der Waals surface area contributed by atoms with Crippen molar-refractivity contribution in [2.45, 2.75) is 26.9 Å². The fourth-order valence-electron chi connectivity index (χ4n) is 2.75. The molecule has 0 saturated heterocycles. The number of benzene rings is 1. The Morgan fingerprint density at radius 2 is 1.93 bits per heavy atom. The Bertz CT molecular complexity index is 948. The highest BCUT2D eigenvalue weighted by Gasteiger charge is 2.18. The lowest BCUT2D eigenvalue weighted by Gasteiger charge is -2.10. The van der Waals surface area contributed by atoms with Crippen LogP contribution >= 0.6 is 0 Å². The minimum atomic E-state index is -0.601. The number of esters is 1. The molecule has 0 bridgehead atoms. The van der Waals surface area contributed by atoms with Gasteiger partial charge in [-0.05, 0) is 48.0 Å². The van der Waals surface area contributed by atoms with Crippen LogP contribution in [0.5, 0.6) is 0 Å². The molecule has 0 fully saturated rings. The maximum atomic E-state index is 13.1. The molecule has 0 aliphatic carbocycles. The molecule has 27 heavy (non-hydrogen) atoms. The van der Waals surface area contributed by atoms with Gasteiger partial charge in [-0.15, -0.1) is 5.10 Å². The molecule has 0 radical (unpaired) electrons. The fraction of sp³-hybridized carbons (Fsp3) is 0.278. The summed E-state index contributed by atoms with van der Waals surface area (Å²) < 4.78 is 21.2. The van der Waals surface area contributed by atoms with Gasteiger partial charge in [0.2, 0.25) is 5.78 Å². The first-order valence-electron chi connectivity index (χ1n) is 8.25. The molecule has 0 saturated carbocycles. The number of ketones is 1. The van der Waals surface area contributed by atoms with Gasteiger partial charge in [0.1, 0.15) is 18.7 Å². The van der Waals surface area contributed by atoms with Gasteiger partial charge in [-0.2, -0.15) is 0 Å². The number of rotatable bonds is 7. The van der Waals surface area contributed by atoms with Crippen LogP contribution in [0.15, 0.2) is 36.7 Å². The number of tetrazole rings is 1. The first-order chi connectivity index (χ1) is 12.9. The van der Waals surface area contributed by atoms with Crippen LogP contribution in [0.2, 0.25) is 0 Å². The normalized spacial score (nSPS) is 10.8. The highest BCUT2D eigenvalue weighted by Crippen LogP contribution is 2.18. The predicted octanol–water partition coefficient (Wildman–Crippen LogP) is 1.70. The molecule has 8 nitrogen and oxygen atoms in total. The first-order valence-corrected chi connectivity index (χ1v) is 8.25. The second-order valence-corrected chi connectivity index (χ2v) is 6.09. The third-order valence-corrected chi connectivity index (χ3v) is 4.17. The minimum absolute atomic E-state index is 0.163. The molecule has 140 valence electrons. The van der Waals surface area contributed by atoms with Gasteiger partial charge in [-0.1, -0.05) is 12.1 Å². The zero-order valence-corrected chi connectivity index (χ0v) is 14.9. The van der Waals surface area contributed by atoms with Crippen molar-refractivity contribution in [3.63, 3.8) is 0 Å². The molecular formula is C18H18FN5O3. The molecule has 0 unspecified atom stereocenters. The number of carbonyl (C=O) groups is 2. The molecule has 0 amide bonds. The summed E-state index contributed by atoms with van der Waals surface area (Å²) in [6.07, 6.45) is 1.28. The quantitative estimate of drug-likeness (QED) is 0.464. The van der Waals surface area contributed by atoms with E-state index in [9.17, 15) is 14.0 Å². The van der Waals surface area contributed by atoms with E-state index in [2.05, 4.69) is 15.5 Å². The molecule has 1 aromatic carbocycles. The van der Waals surface area contributed by atoms with Crippen molar-refractivity contribution < 1.29 is 18.7 Å². The molecule has 3 rings (SSSR count). The van der Waals surface area contributed by atoms with Crippen LogP contribution in [0.3, 0.4) is 0 Å². The SMILES string of the molecule is Cc1cc(C(=O)COC(=O)Cn2cnnn2)c(C)n1Cc1ccc(F)cc1. The van der Waals surface area contributed by atoms with Crippen LogP contribution in [0.4, 0.5) is 4.39 Å². The van der Waals surface area contributed by atoms with Gasteiger partial charge in [0.15, 0.2) is 6.61 Å². The monoisotopic (exact) mass is 371 g/mol. The molecule has 9 heteroatoms. The van der Waals surface area contributed by atoms with Crippen molar-refractivity contribution >= 4 is 11.8 Å². The second-order valence-electron chi connectivity index (χ2n) is 6.09. The van der Waals surface area contributed by atoms with E-state index in [0.29, 0.717) is 12.1 Å². The van der Waals surface area contributed by atoms with Gasteiger partial charge in [0.05, 0.1) is 0 Å². The number of halogens is 1. The number of aromatic nitrogens is 5. The molecule has 0 atom stereocenters. The summed E-state index contributed by atoms with van der Waals surface area (Å²) in [4.78, 5) is 24.2. The Kier molecular flexibility index (Phi) is 5.39. The van der Waals surface area contributed by atoms with E-state index in [1.807, 2.05) is 18.4 Å². The van der Waals surface area contributed by atoms with Crippen LogP contribution in [0, 0.1) is 19.7 Å². The second kappa shape index (κ2) is 7.90. The smallest absolute Gasteiger partial charge is 0.328 e. The number of Topliss-reactive ketones (excluding diaryl/α,β-unsaturated/α-hetero) is 1. The van der Waals surface area contributed by atoms with Gasteiger partial charge in [-0.3, -0.25) is 9.59 Å². The molecule has 0 aliphatic rings. The fourth-order valence-corrected chi connectivity index (χ4v) is 2.75. The largest absolute Gasteiger partial charge is 0.456 e. The van der Waals surface area contributed by atoms with E-state index in [0.717, 1.165) is 17.0 Å². The summed E-state index contributed by atoms with van der Waals surface area (Å²) in [5.74, 6) is -1.19. The Hall–Kier alpha value is -3.36. The third kappa shape index (κ3) is 4.43. The van der Waals surface area contributed by atoms with Crippen LogP contribution in [-0.2, 0) is 22.6 Å². The Morgan fingerprint density at radius 1 is 1.19 bits per heavy atom. The maximum absolute atomic E-state index is 13.1. The maximum Gasteiger partial charge on any atom is 0.328 e. The van der Waals surface area contributed by atoms with Crippen LogP contribution in [0.1, 0.15) is 27.3 Å². The van der Waals surface area contributed by atoms with E-state index in [1.54, 1.807) is 18.2 Å². The Labute approximate surface area is 154 Å². The van der Waals surface area contributed by atoms with E-state index in [-0.39, 0.29) is 24.8 Å². The molecular weight excluding hydrogens is 353 g/mol. The number of ether oxygens (including phenoxy) is 1. The lowest BCUT2D eigenvalue weighted by molar-refractivity contribution is -0.143. The molecule has 2 heterocycles. The van der Waals surface area contributed by atoms with Gasteiger partial charge >= 0.3 is 5.97 Å². The predicted molar refractivity (Wildman–Crippen MR) is 92.5 cm³/mol. The summed E-state index contributed by atoms with van der Waals surface area (Å²) in [5, 5.41) is 10.4.